The molecule has 0 saturated carbocycles. The van der Waals surface area contributed by atoms with Gasteiger partial charge in [-0.1, -0.05) is 74.7 Å². The molecule has 1 N–H and O–H groups in total. The molecule has 38 heavy (non-hydrogen) atoms. The minimum atomic E-state index is -3.96. The molecule has 3 rings (SSSR count). The molecule has 7 nitrogen and oxygen atoms in total. The minimum absolute atomic E-state index is 0.438. The predicted octanol–water partition coefficient (Wildman–Crippen LogP) is 6.15. The predicted molar refractivity (Wildman–Crippen MR) is 153 cm³/mol. The maximum Gasteiger partial charge on any atom is 0.257 e. The van der Waals surface area contributed by atoms with Crippen LogP contribution in [0.25, 0.3) is 12.2 Å². The van der Waals surface area contributed by atoms with Crippen LogP contribution in [-0.2, 0) is 27.8 Å². The van der Waals surface area contributed by atoms with E-state index in [4.69, 9.17) is 16.3 Å². The molecule has 0 unspecified atom stereocenters. The molecule has 1 heterocycles. The van der Waals surface area contributed by atoms with Crippen LogP contribution in [0, 0.1) is 6.92 Å². The Hall–Kier alpha value is -3.36. The topological polar surface area (TPSA) is 90.3 Å². The molecular weight excluding hydrogens is 522 g/mol. The molecule has 0 fully saturated rings. The van der Waals surface area contributed by atoms with E-state index in [2.05, 4.69) is 11.9 Å². The van der Waals surface area contributed by atoms with Gasteiger partial charge in [0.1, 0.15) is 11.6 Å². The number of carbonyl (C=O) groups is 1. The molecule has 0 atom stereocenters. The number of imidazole rings is 1. The van der Waals surface area contributed by atoms with Crippen molar-refractivity contribution in [2.24, 2.45) is 0 Å². The van der Waals surface area contributed by atoms with E-state index in [1.165, 1.54) is 12.2 Å². The lowest BCUT2D eigenvalue weighted by atomic mass is 10.2. The second-order valence-electron chi connectivity index (χ2n) is 8.80. The Morgan fingerprint density at radius 3 is 2.55 bits per heavy atom. The molecule has 3 aromatic rings. The molecule has 202 valence electrons. The summed E-state index contributed by atoms with van der Waals surface area (Å²) in [6.45, 7) is 7.09. The first-order valence-corrected chi connectivity index (χ1v) is 14.6. The van der Waals surface area contributed by atoms with Crippen LogP contribution in [0.1, 0.15) is 61.4 Å². The van der Waals surface area contributed by atoms with Gasteiger partial charge in [0.25, 0.3) is 15.9 Å². The normalized spacial score (nSPS) is 11.9. The Bertz CT molecular complexity index is 1400. The first-order chi connectivity index (χ1) is 18.2. The number of benzene rings is 2. The number of rotatable bonds is 13. The molecule has 0 aliphatic carbocycles. The summed E-state index contributed by atoms with van der Waals surface area (Å²) >= 11 is 6.57. The lowest BCUT2D eigenvalue weighted by molar-refractivity contribution is -0.114. The molecule has 0 saturated heterocycles. The maximum absolute atomic E-state index is 12.5. The fourth-order valence-corrected chi connectivity index (χ4v) is 4.83. The first kappa shape index (κ1) is 29.2. The zero-order chi connectivity index (χ0) is 27.5. The van der Waals surface area contributed by atoms with Gasteiger partial charge in [-0.3, -0.25) is 4.79 Å². The highest BCUT2D eigenvalue weighted by Gasteiger charge is 2.15. The van der Waals surface area contributed by atoms with Gasteiger partial charge < -0.3 is 9.30 Å². The molecule has 9 heteroatoms. The summed E-state index contributed by atoms with van der Waals surface area (Å²) < 4.78 is 34.5. The van der Waals surface area contributed by atoms with Gasteiger partial charge >= 0.3 is 0 Å². The van der Waals surface area contributed by atoms with E-state index in [-0.39, 0.29) is 0 Å². The number of nitrogens with zero attached hydrogens (tertiary/aromatic N) is 2. The number of sulfonamides is 1. The van der Waals surface area contributed by atoms with Crippen molar-refractivity contribution in [2.75, 3.05) is 6.61 Å². The number of carbonyl (C=O) groups excluding carboxylic acids is 1. The van der Waals surface area contributed by atoms with Crippen molar-refractivity contribution in [1.82, 2.24) is 14.3 Å². The van der Waals surface area contributed by atoms with E-state index >= 15 is 0 Å². The van der Waals surface area contributed by atoms with Crippen LogP contribution in [0.2, 0.25) is 5.02 Å². The molecule has 0 spiro atoms. The van der Waals surface area contributed by atoms with E-state index in [0.29, 0.717) is 35.9 Å². The lowest BCUT2D eigenvalue weighted by Crippen LogP contribution is -2.26. The minimum Gasteiger partial charge on any atom is -0.494 e. The summed E-state index contributed by atoms with van der Waals surface area (Å²) in [5, 5.41) is 1.55. The Morgan fingerprint density at radius 2 is 1.87 bits per heavy atom. The Balaban J connectivity index is 1.73. The molecule has 0 radical (unpaired) electrons. The molecular formula is C29H34ClN3O4S. The average Bonchev–Trinajstić information content (AvgIpc) is 3.20. The monoisotopic (exact) mass is 555 g/mol. The summed E-state index contributed by atoms with van der Waals surface area (Å²) in [6.07, 6.45) is 8.11. The largest absolute Gasteiger partial charge is 0.494 e. The second-order valence-corrected chi connectivity index (χ2v) is 10.8. The van der Waals surface area contributed by atoms with Crippen molar-refractivity contribution in [3.05, 3.63) is 93.4 Å². The van der Waals surface area contributed by atoms with Crippen molar-refractivity contribution in [1.29, 1.82) is 0 Å². The number of amides is 1. The number of hydrogen-bond acceptors (Lipinski definition) is 5. The van der Waals surface area contributed by atoms with Crippen LogP contribution in [-0.4, -0.2) is 30.5 Å². The van der Waals surface area contributed by atoms with Crippen molar-refractivity contribution >= 4 is 39.7 Å². The number of ether oxygens (including phenoxy) is 1. The number of aryl methyl sites for hydroxylation is 2. The van der Waals surface area contributed by atoms with Crippen molar-refractivity contribution in [3.63, 3.8) is 0 Å². The molecule has 2 aromatic carbocycles. The third kappa shape index (κ3) is 8.60. The van der Waals surface area contributed by atoms with E-state index < -0.39 is 15.9 Å². The molecule has 0 aliphatic rings. The number of nitrogens with one attached hydrogen (secondary N) is 1. The highest BCUT2D eigenvalue weighted by atomic mass is 35.5. The lowest BCUT2D eigenvalue weighted by Gasteiger charge is -2.12. The van der Waals surface area contributed by atoms with Crippen LogP contribution in [0.15, 0.2) is 60.0 Å². The highest BCUT2D eigenvalue weighted by Crippen LogP contribution is 2.26. The number of aromatic nitrogens is 2. The van der Waals surface area contributed by atoms with Crippen molar-refractivity contribution in [3.8, 4) is 5.75 Å². The summed E-state index contributed by atoms with van der Waals surface area (Å²) in [7, 11) is -3.96. The zero-order valence-corrected chi connectivity index (χ0v) is 23.6. The summed E-state index contributed by atoms with van der Waals surface area (Å²) in [4.78, 5) is 17.1. The van der Waals surface area contributed by atoms with Gasteiger partial charge in [0, 0.05) is 11.1 Å². The maximum atomic E-state index is 12.5. The smallest absolute Gasteiger partial charge is 0.257 e. The Labute approximate surface area is 230 Å². The van der Waals surface area contributed by atoms with Crippen molar-refractivity contribution in [2.45, 2.75) is 53.0 Å². The Morgan fingerprint density at radius 1 is 1.11 bits per heavy atom. The van der Waals surface area contributed by atoms with E-state index in [1.54, 1.807) is 30.3 Å². The number of unbranched alkanes of at least 4 members (excludes halogenated alkanes) is 2. The van der Waals surface area contributed by atoms with Gasteiger partial charge in [-0.05, 0) is 55.2 Å². The van der Waals surface area contributed by atoms with Gasteiger partial charge in [-0.2, -0.15) is 0 Å². The number of hydrogen-bond donors (Lipinski definition) is 1. The van der Waals surface area contributed by atoms with Crippen LogP contribution >= 0.6 is 11.6 Å². The third-order valence-corrected chi connectivity index (χ3v) is 7.18. The van der Waals surface area contributed by atoms with E-state index in [1.807, 2.05) is 47.4 Å². The van der Waals surface area contributed by atoms with Crippen LogP contribution in [0.3, 0.4) is 0 Å². The third-order valence-electron chi connectivity index (χ3n) is 5.85. The molecule has 0 aliphatic heterocycles. The van der Waals surface area contributed by atoms with Gasteiger partial charge in [0.15, 0.2) is 0 Å². The standard InChI is InChI=1S/C29H34ClN3O4S/c1-4-6-10-18-37-25-14-13-24(26(30)20-25)21-33-22(3)31-27(5-2)28(33)15-16-29(34)32-38(35,36)19-17-23-11-8-7-9-12-23/h7-9,11-17,19-20H,4-6,10,18,21H2,1-3H3,(H,32,34)/b16-15+,19-17+. The first-order valence-electron chi connectivity index (χ1n) is 12.7. The molecule has 1 aromatic heterocycles. The van der Waals surface area contributed by atoms with E-state index in [0.717, 1.165) is 47.5 Å². The molecule has 0 bridgehead atoms. The van der Waals surface area contributed by atoms with Gasteiger partial charge in [0.05, 0.1) is 29.9 Å². The van der Waals surface area contributed by atoms with Gasteiger partial charge in [0.2, 0.25) is 0 Å². The van der Waals surface area contributed by atoms with E-state index in [9.17, 15) is 13.2 Å². The second kappa shape index (κ2) is 14.0. The zero-order valence-electron chi connectivity index (χ0n) is 22.0. The molecule has 1 amide bonds. The van der Waals surface area contributed by atoms with Gasteiger partial charge in [-0.15, -0.1) is 0 Å². The van der Waals surface area contributed by atoms with Crippen molar-refractivity contribution < 1.29 is 17.9 Å². The Kier molecular flexibility index (Phi) is 10.7. The summed E-state index contributed by atoms with van der Waals surface area (Å²) in [6, 6.07) is 14.6. The van der Waals surface area contributed by atoms with Crippen LogP contribution < -0.4 is 9.46 Å². The van der Waals surface area contributed by atoms with Crippen LogP contribution in [0.4, 0.5) is 0 Å². The fraction of sp³-hybridized carbons (Fsp3) is 0.310. The summed E-state index contributed by atoms with van der Waals surface area (Å²) in [5.74, 6) is 0.736. The van der Waals surface area contributed by atoms with Crippen LogP contribution in [0.5, 0.6) is 5.75 Å². The quantitative estimate of drug-likeness (QED) is 0.202. The summed E-state index contributed by atoms with van der Waals surface area (Å²) in [5.41, 5.74) is 3.10. The van der Waals surface area contributed by atoms with Gasteiger partial charge in [-0.25, -0.2) is 18.1 Å². The SMILES string of the molecule is CCCCCOc1ccc(Cn2c(C)nc(CC)c2/C=C/C(=O)NS(=O)(=O)/C=C/c2ccccc2)c(Cl)c1. The fourth-order valence-electron chi connectivity index (χ4n) is 3.84. The number of halogens is 1. The average molecular weight is 556 g/mol. The highest BCUT2D eigenvalue weighted by molar-refractivity contribution is 7.93.